The molecule has 0 unspecified atom stereocenters. The van der Waals surface area contributed by atoms with Gasteiger partial charge in [0.05, 0.1) is 12.1 Å². The van der Waals surface area contributed by atoms with Crippen LogP contribution in [0.3, 0.4) is 0 Å². The largest absolute Gasteiger partial charge is 0.441 e. The lowest BCUT2D eigenvalue weighted by Gasteiger charge is -2.34. The SMILES string of the molecule is Cc1oc(-c2ccccc2)nc1CC(=O)N1CCN(Cc2cccnc2)CC1. The Balaban J connectivity index is 1.33. The predicted octanol–water partition coefficient (Wildman–Crippen LogP) is 2.93. The molecule has 1 aromatic carbocycles. The fourth-order valence-electron chi connectivity index (χ4n) is 3.46. The zero-order chi connectivity index (χ0) is 19.3. The molecule has 0 N–H and O–H groups in total. The lowest BCUT2D eigenvalue weighted by Crippen LogP contribution is -2.48. The lowest BCUT2D eigenvalue weighted by atomic mass is 10.2. The predicted molar refractivity (Wildman–Crippen MR) is 106 cm³/mol. The van der Waals surface area contributed by atoms with Crippen molar-refractivity contribution in [2.75, 3.05) is 26.2 Å². The maximum atomic E-state index is 12.7. The fraction of sp³-hybridized carbons (Fsp3) is 0.318. The number of carbonyl (C=O) groups excluding carboxylic acids is 1. The van der Waals surface area contributed by atoms with Crippen LogP contribution in [-0.4, -0.2) is 51.9 Å². The van der Waals surface area contributed by atoms with Crippen LogP contribution in [0.1, 0.15) is 17.0 Å². The van der Waals surface area contributed by atoms with Gasteiger partial charge in [0.1, 0.15) is 5.76 Å². The summed E-state index contributed by atoms with van der Waals surface area (Å²) < 4.78 is 5.78. The van der Waals surface area contributed by atoms with E-state index in [0.717, 1.165) is 44.0 Å². The van der Waals surface area contributed by atoms with Gasteiger partial charge in [0.2, 0.25) is 11.8 Å². The normalized spacial score (nSPS) is 15.0. The highest BCUT2D eigenvalue weighted by atomic mass is 16.4. The van der Waals surface area contributed by atoms with E-state index in [2.05, 4.69) is 20.9 Å². The molecule has 0 saturated carbocycles. The second-order valence-corrected chi connectivity index (χ2v) is 7.08. The minimum absolute atomic E-state index is 0.108. The smallest absolute Gasteiger partial charge is 0.228 e. The number of oxazole rings is 1. The molecule has 1 saturated heterocycles. The van der Waals surface area contributed by atoms with Gasteiger partial charge in [0.25, 0.3) is 0 Å². The van der Waals surface area contributed by atoms with E-state index in [1.165, 1.54) is 5.56 Å². The molecule has 0 bridgehead atoms. The van der Waals surface area contributed by atoms with Crippen LogP contribution in [0.15, 0.2) is 59.3 Å². The molecule has 2 aromatic heterocycles. The van der Waals surface area contributed by atoms with Crippen molar-refractivity contribution in [2.24, 2.45) is 0 Å². The Hall–Kier alpha value is -2.99. The van der Waals surface area contributed by atoms with Crippen LogP contribution >= 0.6 is 0 Å². The molecule has 4 rings (SSSR count). The maximum Gasteiger partial charge on any atom is 0.228 e. The number of hydrogen-bond acceptors (Lipinski definition) is 5. The third kappa shape index (κ3) is 4.28. The summed E-state index contributed by atoms with van der Waals surface area (Å²) in [5, 5.41) is 0. The van der Waals surface area contributed by atoms with Crippen LogP contribution in [0, 0.1) is 6.92 Å². The van der Waals surface area contributed by atoms with Gasteiger partial charge < -0.3 is 9.32 Å². The Kier molecular flexibility index (Phi) is 5.48. The number of hydrogen-bond donors (Lipinski definition) is 0. The number of nitrogens with zero attached hydrogens (tertiary/aromatic N) is 4. The average molecular weight is 376 g/mol. The number of carbonyl (C=O) groups is 1. The monoisotopic (exact) mass is 376 g/mol. The van der Waals surface area contributed by atoms with Crippen LogP contribution in [0.25, 0.3) is 11.5 Å². The van der Waals surface area contributed by atoms with Crippen molar-refractivity contribution in [3.63, 3.8) is 0 Å². The summed E-state index contributed by atoms with van der Waals surface area (Å²) in [5.41, 5.74) is 2.85. The first-order chi connectivity index (χ1) is 13.7. The number of aromatic nitrogens is 2. The highest BCUT2D eigenvalue weighted by Crippen LogP contribution is 2.22. The molecule has 1 fully saturated rings. The van der Waals surface area contributed by atoms with Gasteiger partial charge >= 0.3 is 0 Å². The van der Waals surface area contributed by atoms with Crippen molar-refractivity contribution in [1.29, 1.82) is 0 Å². The minimum atomic E-state index is 0.108. The Morgan fingerprint density at radius 2 is 1.86 bits per heavy atom. The molecule has 6 heteroatoms. The summed E-state index contributed by atoms with van der Waals surface area (Å²) >= 11 is 0. The quantitative estimate of drug-likeness (QED) is 0.685. The van der Waals surface area contributed by atoms with E-state index < -0.39 is 0 Å². The van der Waals surface area contributed by atoms with Gasteiger partial charge in [-0.1, -0.05) is 24.3 Å². The molecule has 1 amide bonds. The molecule has 0 atom stereocenters. The first-order valence-corrected chi connectivity index (χ1v) is 9.60. The van der Waals surface area contributed by atoms with E-state index in [0.29, 0.717) is 11.7 Å². The molecule has 3 aromatic rings. The number of piperazine rings is 1. The molecule has 144 valence electrons. The zero-order valence-electron chi connectivity index (χ0n) is 16.0. The van der Waals surface area contributed by atoms with Crippen molar-refractivity contribution in [3.8, 4) is 11.5 Å². The molecule has 3 heterocycles. The van der Waals surface area contributed by atoms with Crippen LogP contribution in [-0.2, 0) is 17.8 Å². The highest BCUT2D eigenvalue weighted by Gasteiger charge is 2.23. The van der Waals surface area contributed by atoms with Crippen molar-refractivity contribution in [3.05, 3.63) is 71.9 Å². The average Bonchev–Trinajstić information content (AvgIpc) is 3.10. The Morgan fingerprint density at radius 3 is 2.57 bits per heavy atom. The fourth-order valence-corrected chi connectivity index (χ4v) is 3.46. The van der Waals surface area contributed by atoms with Gasteiger partial charge in [-0.3, -0.25) is 14.7 Å². The van der Waals surface area contributed by atoms with E-state index in [9.17, 15) is 4.79 Å². The minimum Gasteiger partial charge on any atom is -0.441 e. The summed E-state index contributed by atoms with van der Waals surface area (Å²) in [5.74, 6) is 1.39. The van der Waals surface area contributed by atoms with Crippen LogP contribution in [0.4, 0.5) is 0 Å². The standard InChI is InChI=1S/C22H24N4O2/c1-17-20(24-22(28-17)19-7-3-2-4-8-19)14-21(27)26-12-10-25(11-13-26)16-18-6-5-9-23-15-18/h2-9,15H,10-14,16H2,1H3. The van der Waals surface area contributed by atoms with Crippen molar-refractivity contribution < 1.29 is 9.21 Å². The van der Waals surface area contributed by atoms with Gasteiger partial charge in [-0.25, -0.2) is 4.98 Å². The Labute approximate surface area is 164 Å². The number of amides is 1. The van der Waals surface area contributed by atoms with Crippen molar-refractivity contribution in [1.82, 2.24) is 19.8 Å². The van der Waals surface area contributed by atoms with Crippen LogP contribution < -0.4 is 0 Å². The summed E-state index contributed by atoms with van der Waals surface area (Å²) in [4.78, 5) is 25.7. The van der Waals surface area contributed by atoms with Gasteiger partial charge in [-0.15, -0.1) is 0 Å². The first kappa shape index (κ1) is 18.4. The molecule has 28 heavy (non-hydrogen) atoms. The van der Waals surface area contributed by atoms with Crippen molar-refractivity contribution in [2.45, 2.75) is 19.9 Å². The van der Waals surface area contributed by atoms with Gasteiger partial charge in [0.15, 0.2) is 0 Å². The number of aryl methyl sites for hydroxylation is 1. The topological polar surface area (TPSA) is 62.5 Å². The third-order valence-corrected chi connectivity index (χ3v) is 5.09. The molecule has 0 radical (unpaired) electrons. The number of pyridine rings is 1. The molecule has 1 aliphatic heterocycles. The van der Waals surface area contributed by atoms with Gasteiger partial charge in [-0.2, -0.15) is 0 Å². The summed E-state index contributed by atoms with van der Waals surface area (Å²) in [7, 11) is 0. The molecular weight excluding hydrogens is 352 g/mol. The Morgan fingerprint density at radius 1 is 1.07 bits per heavy atom. The summed E-state index contributed by atoms with van der Waals surface area (Å²) in [6.45, 7) is 5.96. The number of benzene rings is 1. The van der Waals surface area contributed by atoms with Crippen molar-refractivity contribution >= 4 is 5.91 Å². The van der Waals surface area contributed by atoms with E-state index in [4.69, 9.17) is 4.42 Å². The number of rotatable bonds is 5. The summed E-state index contributed by atoms with van der Waals surface area (Å²) in [6.07, 6.45) is 3.97. The second kappa shape index (κ2) is 8.35. The maximum absolute atomic E-state index is 12.7. The molecule has 6 nitrogen and oxygen atoms in total. The summed E-state index contributed by atoms with van der Waals surface area (Å²) in [6, 6.07) is 13.8. The van der Waals surface area contributed by atoms with E-state index in [-0.39, 0.29) is 12.3 Å². The van der Waals surface area contributed by atoms with E-state index in [1.807, 2.05) is 54.4 Å². The molecule has 0 aliphatic carbocycles. The zero-order valence-corrected chi connectivity index (χ0v) is 16.0. The van der Waals surface area contributed by atoms with E-state index in [1.54, 1.807) is 6.20 Å². The van der Waals surface area contributed by atoms with Gasteiger partial charge in [-0.05, 0) is 30.7 Å². The molecular formula is C22H24N4O2. The second-order valence-electron chi connectivity index (χ2n) is 7.08. The first-order valence-electron chi connectivity index (χ1n) is 9.60. The Bertz CT molecular complexity index is 916. The lowest BCUT2D eigenvalue weighted by molar-refractivity contribution is -0.132. The third-order valence-electron chi connectivity index (χ3n) is 5.09. The van der Waals surface area contributed by atoms with E-state index >= 15 is 0 Å². The van der Waals surface area contributed by atoms with Crippen LogP contribution in [0.2, 0.25) is 0 Å². The molecule has 1 aliphatic rings. The highest BCUT2D eigenvalue weighted by molar-refractivity contribution is 5.78. The van der Waals surface area contributed by atoms with Gasteiger partial charge in [0, 0.05) is 50.7 Å². The molecule has 0 spiro atoms. The van der Waals surface area contributed by atoms with Crippen LogP contribution in [0.5, 0.6) is 0 Å².